The molecule has 0 atom stereocenters. The number of hydrogen-bond acceptors (Lipinski definition) is 5. The molecular weight excluding hydrogens is 287 g/mol. The van der Waals surface area contributed by atoms with Crippen molar-refractivity contribution in [2.45, 2.75) is 0 Å². The van der Waals surface area contributed by atoms with Gasteiger partial charge in [0.1, 0.15) is 0 Å². The van der Waals surface area contributed by atoms with Crippen molar-refractivity contribution in [3.63, 3.8) is 0 Å². The molecule has 0 radical (unpaired) electrons. The maximum atomic E-state index is 5.99. The molecule has 6 heteroatoms. The average molecular weight is 302 g/mol. The Bertz CT molecular complexity index is 319. The monoisotopic (exact) mass is 303 g/mol. The molecular formula is C10H15GeNO3S. The third-order valence-corrected chi connectivity index (χ3v) is 9.91. The normalized spacial score (nSPS) is 35.4. The van der Waals surface area contributed by atoms with E-state index in [0.717, 1.165) is 39.5 Å². The predicted molar refractivity (Wildman–Crippen MR) is 64.0 cm³/mol. The van der Waals surface area contributed by atoms with Crippen LogP contribution in [0.1, 0.15) is 0 Å². The van der Waals surface area contributed by atoms with Crippen LogP contribution in [0.15, 0.2) is 16.8 Å². The van der Waals surface area contributed by atoms with Gasteiger partial charge in [-0.25, -0.2) is 0 Å². The van der Waals surface area contributed by atoms with Crippen molar-refractivity contribution in [2.75, 3.05) is 39.5 Å². The van der Waals surface area contributed by atoms with Gasteiger partial charge in [-0.05, 0) is 0 Å². The van der Waals surface area contributed by atoms with E-state index in [1.54, 1.807) is 11.3 Å². The first-order valence-corrected chi connectivity index (χ1v) is 10.1. The molecule has 0 aliphatic carbocycles. The zero-order valence-corrected chi connectivity index (χ0v) is 12.0. The van der Waals surface area contributed by atoms with Crippen molar-refractivity contribution in [3.05, 3.63) is 16.8 Å². The zero-order chi connectivity index (χ0) is 10.8. The fourth-order valence-corrected chi connectivity index (χ4v) is 8.78. The summed E-state index contributed by atoms with van der Waals surface area (Å²) >= 11 is -1.45. The van der Waals surface area contributed by atoms with Crippen molar-refractivity contribution >= 4 is 30.0 Å². The van der Waals surface area contributed by atoms with Gasteiger partial charge in [0.2, 0.25) is 0 Å². The first-order valence-electron chi connectivity index (χ1n) is 5.56. The Hall–Kier alpha value is 0.0829. The van der Waals surface area contributed by atoms with Crippen LogP contribution >= 0.6 is 11.3 Å². The van der Waals surface area contributed by atoms with Crippen LogP contribution in [0.4, 0.5) is 0 Å². The second-order valence-corrected chi connectivity index (χ2v) is 10.1. The summed E-state index contributed by atoms with van der Waals surface area (Å²) in [4.78, 5) is 2.33. The number of hydrogen-bond donors (Lipinski definition) is 0. The summed E-state index contributed by atoms with van der Waals surface area (Å²) in [5.74, 6) is 0. The number of thiophene rings is 1. The van der Waals surface area contributed by atoms with Crippen LogP contribution in [-0.2, 0) is 11.3 Å². The van der Waals surface area contributed by atoms with Crippen LogP contribution in [0.3, 0.4) is 0 Å². The van der Waals surface area contributed by atoms with Crippen LogP contribution in [0.25, 0.3) is 0 Å². The van der Waals surface area contributed by atoms with Gasteiger partial charge in [-0.1, -0.05) is 0 Å². The van der Waals surface area contributed by atoms with E-state index in [0.29, 0.717) is 0 Å². The Labute approximate surface area is 102 Å². The van der Waals surface area contributed by atoms with E-state index < -0.39 is 14.3 Å². The SMILES string of the molecule is c1c[c]([Ge]23[O]CCN(CC[O]2)CC[O]3)cs1. The summed E-state index contributed by atoms with van der Waals surface area (Å²) in [6.07, 6.45) is 0. The molecule has 0 amide bonds. The van der Waals surface area contributed by atoms with E-state index in [1.165, 1.54) is 4.40 Å². The number of fused-ring (bicyclic) bond motifs is 6. The van der Waals surface area contributed by atoms with Gasteiger partial charge in [0.25, 0.3) is 0 Å². The summed E-state index contributed by atoms with van der Waals surface area (Å²) in [6, 6.07) is 2.09. The quantitative estimate of drug-likeness (QED) is 0.697. The Kier molecular flexibility index (Phi) is 3.32. The molecule has 1 aromatic rings. The van der Waals surface area contributed by atoms with E-state index in [9.17, 15) is 0 Å². The molecule has 1 aromatic heterocycles. The third kappa shape index (κ3) is 2.08. The predicted octanol–water partition coefficient (Wildman–Crippen LogP) is 0.273. The van der Waals surface area contributed by atoms with Crippen molar-refractivity contribution < 1.29 is 11.3 Å². The molecule has 3 fully saturated rings. The Morgan fingerprint density at radius 2 is 1.69 bits per heavy atom. The molecule has 16 heavy (non-hydrogen) atoms. The fourth-order valence-electron chi connectivity index (χ4n) is 2.08. The van der Waals surface area contributed by atoms with Gasteiger partial charge in [-0.3, -0.25) is 0 Å². The Morgan fingerprint density at radius 1 is 1.06 bits per heavy atom. The van der Waals surface area contributed by atoms with E-state index in [1.807, 2.05) is 0 Å². The standard InChI is InChI=1S/C10H15GeNO3S/c1-8-16-9-10(1)11-13-5-2-12(3-6-14-11)4-7-15-11/h1,8-9H,2-7H2. The van der Waals surface area contributed by atoms with Crippen LogP contribution in [0, 0.1) is 0 Å². The minimum atomic E-state index is -3.13. The van der Waals surface area contributed by atoms with Crippen molar-refractivity contribution in [3.8, 4) is 0 Å². The molecule has 0 unspecified atom stereocenters. The van der Waals surface area contributed by atoms with Crippen LogP contribution in [0.2, 0.25) is 0 Å². The minimum absolute atomic E-state index is 0.732. The molecule has 3 aliphatic rings. The molecule has 0 spiro atoms. The van der Waals surface area contributed by atoms with Gasteiger partial charge in [-0.15, -0.1) is 0 Å². The summed E-state index contributed by atoms with van der Waals surface area (Å²) < 4.78 is 19.1. The van der Waals surface area contributed by atoms with E-state index in [4.69, 9.17) is 11.3 Å². The van der Waals surface area contributed by atoms with Gasteiger partial charge in [0.05, 0.1) is 0 Å². The molecule has 0 aromatic carbocycles. The van der Waals surface area contributed by atoms with Crippen LogP contribution in [-0.4, -0.2) is 58.6 Å². The molecule has 0 N–H and O–H groups in total. The number of rotatable bonds is 1. The Balaban J connectivity index is 1.90. The molecule has 88 valence electrons. The summed E-state index contributed by atoms with van der Waals surface area (Å²) in [6.45, 7) is 5.21. The van der Waals surface area contributed by atoms with Gasteiger partial charge in [0.15, 0.2) is 0 Å². The summed E-state index contributed by atoms with van der Waals surface area (Å²) in [5, 5.41) is 4.18. The molecule has 4 heterocycles. The second-order valence-electron chi connectivity index (χ2n) is 3.96. The van der Waals surface area contributed by atoms with E-state index in [2.05, 4.69) is 21.7 Å². The van der Waals surface area contributed by atoms with Crippen molar-refractivity contribution in [1.29, 1.82) is 0 Å². The van der Waals surface area contributed by atoms with Crippen LogP contribution in [0.5, 0.6) is 0 Å². The van der Waals surface area contributed by atoms with Gasteiger partial charge in [-0.2, -0.15) is 0 Å². The van der Waals surface area contributed by atoms with Gasteiger partial charge >= 0.3 is 102 Å². The third-order valence-electron chi connectivity index (χ3n) is 2.97. The van der Waals surface area contributed by atoms with Gasteiger partial charge < -0.3 is 0 Å². The molecule has 3 saturated heterocycles. The second kappa shape index (κ2) is 4.75. The molecule has 4 nitrogen and oxygen atoms in total. The summed E-state index contributed by atoms with van der Waals surface area (Å²) in [7, 11) is 0. The molecule has 4 rings (SSSR count). The van der Waals surface area contributed by atoms with Gasteiger partial charge in [0, 0.05) is 0 Å². The molecule has 0 saturated carbocycles. The first-order chi connectivity index (χ1) is 7.89. The maximum absolute atomic E-state index is 5.99. The first kappa shape index (κ1) is 11.2. The summed E-state index contributed by atoms with van der Waals surface area (Å²) in [5.41, 5.74) is 0. The van der Waals surface area contributed by atoms with Crippen molar-refractivity contribution in [1.82, 2.24) is 4.90 Å². The van der Waals surface area contributed by atoms with E-state index in [-0.39, 0.29) is 0 Å². The average Bonchev–Trinajstić information content (AvgIpc) is 2.68. The van der Waals surface area contributed by atoms with Crippen molar-refractivity contribution in [2.24, 2.45) is 0 Å². The zero-order valence-electron chi connectivity index (χ0n) is 9.05. The van der Waals surface area contributed by atoms with E-state index >= 15 is 0 Å². The fraction of sp³-hybridized carbons (Fsp3) is 0.600. The number of nitrogens with zero attached hydrogens (tertiary/aromatic N) is 1. The van der Waals surface area contributed by atoms with Crippen LogP contribution < -0.4 is 4.40 Å². The molecule has 3 aliphatic heterocycles. The molecule has 2 bridgehead atoms. The topological polar surface area (TPSA) is 30.9 Å². The Morgan fingerprint density at radius 3 is 2.19 bits per heavy atom.